The van der Waals surface area contributed by atoms with Gasteiger partial charge in [-0.1, -0.05) is 6.07 Å². The number of halogens is 1. The van der Waals surface area contributed by atoms with Gasteiger partial charge >= 0.3 is 0 Å². The monoisotopic (exact) mass is 333 g/mol. The molecular weight excluding hydrogens is 309 g/mol. The zero-order valence-electron chi connectivity index (χ0n) is 13.9. The summed E-state index contributed by atoms with van der Waals surface area (Å²) in [4.78, 5) is 4.05. The Labute approximate surface area is 141 Å². The zero-order chi connectivity index (χ0) is 16.9. The fourth-order valence-corrected chi connectivity index (χ4v) is 3.36. The lowest BCUT2D eigenvalue weighted by molar-refractivity contribution is 0.145. The second-order valence-corrected chi connectivity index (χ2v) is 6.35. The smallest absolute Gasteiger partial charge is 0.165 e. The summed E-state index contributed by atoms with van der Waals surface area (Å²) in [5.41, 5.74) is 0.848. The molecule has 1 fully saturated rings. The Kier molecular flexibility index (Phi) is 5.48. The molecule has 1 aliphatic carbocycles. The lowest BCUT2D eigenvalue weighted by Gasteiger charge is -2.17. The molecule has 5 nitrogen and oxygen atoms in total. The fourth-order valence-electron chi connectivity index (χ4n) is 3.36. The highest BCUT2D eigenvalue weighted by atomic mass is 19.1. The Morgan fingerprint density at radius 2 is 2.29 bits per heavy atom. The minimum absolute atomic E-state index is 0.0353. The van der Waals surface area contributed by atoms with E-state index in [1.54, 1.807) is 18.6 Å². The van der Waals surface area contributed by atoms with Gasteiger partial charge < -0.3 is 19.7 Å². The van der Waals surface area contributed by atoms with Gasteiger partial charge in [-0.2, -0.15) is 0 Å². The van der Waals surface area contributed by atoms with Crippen molar-refractivity contribution >= 4 is 0 Å². The van der Waals surface area contributed by atoms with Crippen molar-refractivity contribution in [3.63, 3.8) is 0 Å². The number of nitrogens with zero attached hydrogens (tertiary/aromatic N) is 2. The molecule has 0 amide bonds. The predicted molar refractivity (Wildman–Crippen MR) is 89.2 cm³/mol. The fraction of sp³-hybridized carbons (Fsp3) is 0.500. The van der Waals surface area contributed by atoms with Crippen LogP contribution in [0, 0.1) is 11.7 Å². The zero-order valence-corrected chi connectivity index (χ0v) is 13.9. The summed E-state index contributed by atoms with van der Waals surface area (Å²) in [6.07, 6.45) is 6.81. The number of hydrogen-bond donors (Lipinski definition) is 2. The van der Waals surface area contributed by atoms with Crippen LogP contribution in [-0.2, 0) is 13.1 Å². The van der Waals surface area contributed by atoms with Gasteiger partial charge in [-0.15, -0.1) is 0 Å². The van der Waals surface area contributed by atoms with Crippen molar-refractivity contribution < 1.29 is 14.2 Å². The Morgan fingerprint density at radius 1 is 1.42 bits per heavy atom. The van der Waals surface area contributed by atoms with Gasteiger partial charge in [-0.3, -0.25) is 0 Å². The van der Waals surface area contributed by atoms with Gasteiger partial charge in [0.05, 0.1) is 19.0 Å². The quantitative estimate of drug-likeness (QED) is 0.817. The lowest BCUT2D eigenvalue weighted by atomic mass is 10.1. The first-order chi connectivity index (χ1) is 11.7. The van der Waals surface area contributed by atoms with Gasteiger partial charge in [-0.25, -0.2) is 9.37 Å². The number of aliphatic hydroxyl groups is 1. The Bertz CT molecular complexity index is 648. The first kappa shape index (κ1) is 16.9. The van der Waals surface area contributed by atoms with Crippen molar-refractivity contribution in [2.75, 3.05) is 6.61 Å². The van der Waals surface area contributed by atoms with Crippen molar-refractivity contribution in [3.8, 4) is 5.75 Å². The van der Waals surface area contributed by atoms with Crippen LogP contribution in [0.1, 0.15) is 25.3 Å². The predicted octanol–water partition coefficient (Wildman–Crippen LogP) is 2.35. The molecule has 0 spiro atoms. The summed E-state index contributed by atoms with van der Waals surface area (Å²) >= 11 is 0. The molecule has 3 rings (SSSR count). The minimum atomic E-state index is -0.369. The molecule has 130 valence electrons. The van der Waals surface area contributed by atoms with Crippen LogP contribution in [0.3, 0.4) is 0 Å². The summed E-state index contributed by atoms with van der Waals surface area (Å²) < 4.78 is 21.1. The molecule has 1 aliphatic rings. The number of hydrogen-bond acceptors (Lipinski definition) is 4. The van der Waals surface area contributed by atoms with Crippen LogP contribution in [0.2, 0.25) is 0 Å². The van der Waals surface area contributed by atoms with Crippen LogP contribution in [0.15, 0.2) is 36.9 Å². The number of rotatable bonds is 7. The van der Waals surface area contributed by atoms with Crippen molar-refractivity contribution in [1.29, 1.82) is 0 Å². The van der Waals surface area contributed by atoms with Crippen LogP contribution >= 0.6 is 0 Å². The molecule has 24 heavy (non-hydrogen) atoms. The summed E-state index contributed by atoms with van der Waals surface area (Å²) in [6, 6.07) is 5.03. The number of nitrogens with one attached hydrogen (secondary N) is 1. The van der Waals surface area contributed by atoms with E-state index in [0.29, 0.717) is 19.1 Å². The van der Waals surface area contributed by atoms with Gasteiger partial charge in [-0.05, 0) is 43.4 Å². The maximum Gasteiger partial charge on any atom is 0.165 e. The second kappa shape index (κ2) is 7.77. The van der Waals surface area contributed by atoms with E-state index in [4.69, 9.17) is 4.74 Å². The molecule has 1 aromatic carbocycles. The van der Waals surface area contributed by atoms with Crippen molar-refractivity contribution in [1.82, 2.24) is 14.9 Å². The third-order valence-corrected chi connectivity index (χ3v) is 4.52. The van der Waals surface area contributed by atoms with E-state index in [2.05, 4.69) is 10.3 Å². The highest BCUT2D eigenvalue weighted by Gasteiger charge is 2.32. The highest BCUT2D eigenvalue weighted by molar-refractivity contribution is 5.29. The van der Waals surface area contributed by atoms with E-state index in [1.807, 2.05) is 23.8 Å². The molecule has 1 aromatic heterocycles. The molecule has 1 heterocycles. The van der Waals surface area contributed by atoms with E-state index in [-0.39, 0.29) is 23.7 Å². The SMILES string of the molecule is CCOc1ccc(CN[C@@H]2CC(Cn3ccnc3)C[C@H]2O)cc1F. The molecule has 2 N–H and O–H groups in total. The molecule has 0 bridgehead atoms. The van der Waals surface area contributed by atoms with E-state index in [1.165, 1.54) is 6.07 Å². The second-order valence-electron chi connectivity index (χ2n) is 6.35. The largest absolute Gasteiger partial charge is 0.491 e. The van der Waals surface area contributed by atoms with E-state index in [0.717, 1.165) is 24.9 Å². The summed E-state index contributed by atoms with van der Waals surface area (Å²) in [5.74, 6) is 0.354. The molecule has 6 heteroatoms. The average molecular weight is 333 g/mol. The number of aromatic nitrogens is 2. The summed E-state index contributed by atoms with van der Waals surface area (Å²) in [7, 11) is 0. The summed E-state index contributed by atoms with van der Waals surface area (Å²) in [6.45, 7) is 3.67. The van der Waals surface area contributed by atoms with E-state index >= 15 is 0 Å². The number of imidazole rings is 1. The first-order valence-electron chi connectivity index (χ1n) is 8.44. The van der Waals surface area contributed by atoms with Crippen LogP contribution in [0.25, 0.3) is 0 Å². The molecule has 2 aromatic rings. The minimum Gasteiger partial charge on any atom is -0.491 e. The van der Waals surface area contributed by atoms with Crippen molar-refractivity contribution in [2.24, 2.45) is 5.92 Å². The summed E-state index contributed by atoms with van der Waals surface area (Å²) in [5, 5.41) is 13.6. The molecular formula is C18H24FN3O2. The maximum atomic E-state index is 13.9. The lowest BCUT2D eigenvalue weighted by Crippen LogP contribution is -2.35. The molecule has 3 atom stereocenters. The number of ether oxygens (including phenoxy) is 1. The number of benzene rings is 1. The molecule has 0 radical (unpaired) electrons. The van der Waals surface area contributed by atoms with Gasteiger partial charge in [0.15, 0.2) is 11.6 Å². The first-order valence-corrected chi connectivity index (χ1v) is 8.44. The third kappa shape index (κ3) is 4.13. The number of aliphatic hydroxyl groups excluding tert-OH is 1. The normalized spacial score (nSPS) is 23.5. The third-order valence-electron chi connectivity index (χ3n) is 4.52. The van der Waals surface area contributed by atoms with Gasteiger partial charge in [0.1, 0.15) is 0 Å². The average Bonchev–Trinajstić information content (AvgIpc) is 3.18. The standard InChI is InChI=1S/C18H24FN3O2/c1-2-24-18-4-3-13(7-15(18)19)10-21-16-8-14(9-17(16)23)11-22-6-5-20-12-22/h3-7,12,14,16-17,21,23H,2,8-11H2,1H3/t14?,16-,17-/m1/s1. The van der Waals surface area contributed by atoms with E-state index in [9.17, 15) is 9.50 Å². The van der Waals surface area contributed by atoms with Gasteiger partial charge in [0.2, 0.25) is 0 Å². The van der Waals surface area contributed by atoms with Crippen LogP contribution < -0.4 is 10.1 Å². The molecule has 1 saturated carbocycles. The molecule has 0 aliphatic heterocycles. The molecule has 0 saturated heterocycles. The van der Waals surface area contributed by atoms with Gasteiger partial charge in [0, 0.05) is 31.5 Å². The highest BCUT2D eigenvalue weighted by Crippen LogP contribution is 2.28. The molecule has 1 unspecified atom stereocenters. The maximum absolute atomic E-state index is 13.9. The topological polar surface area (TPSA) is 59.3 Å². The Hall–Kier alpha value is -1.92. The van der Waals surface area contributed by atoms with Crippen molar-refractivity contribution in [2.45, 2.75) is 45.0 Å². The van der Waals surface area contributed by atoms with Crippen LogP contribution in [-0.4, -0.2) is 33.4 Å². The van der Waals surface area contributed by atoms with E-state index < -0.39 is 0 Å². The van der Waals surface area contributed by atoms with Crippen LogP contribution in [0.5, 0.6) is 5.75 Å². The Morgan fingerprint density at radius 3 is 3.00 bits per heavy atom. The van der Waals surface area contributed by atoms with Crippen molar-refractivity contribution in [3.05, 3.63) is 48.3 Å². The van der Waals surface area contributed by atoms with Crippen LogP contribution in [0.4, 0.5) is 4.39 Å². The van der Waals surface area contributed by atoms with Gasteiger partial charge in [0.25, 0.3) is 0 Å². The Balaban J connectivity index is 1.52.